The maximum atomic E-state index is 14.6. The summed E-state index contributed by atoms with van der Waals surface area (Å²) in [5, 5.41) is 9.32. The molecule has 3 aliphatic heterocycles. The molecule has 3 unspecified atom stereocenters. The van der Waals surface area contributed by atoms with Crippen LogP contribution in [0.4, 0.5) is 0 Å². The number of aliphatic hydroxyl groups excluding tert-OH is 1. The van der Waals surface area contributed by atoms with Crippen molar-refractivity contribution in [3.8, 4) is 0 Å². The van der Waals surface area contributed by atoms with Crippen LogP contribution in [-0.2, 0) is 14.4 Å². The van der Waals surface area contributed by atoms with E-state index in [0.29, 0.717) is 26.1 Å². The van der Waals surface area contributed by atoms with Crippen LogP contribution in [0.2, 0.25) is 0 Å². The van der Waals surface area contributed by atoms with Gasteiger partial charge in [0.15, 0.2) is 0 Å². The van der Waals surface area contributed by atoms with Crippen LogP contribution in [-0.4, -0.2) is 92.9 Å². The second kappa shape index (κ2) is 11.9. The number of amides is 3. The van der Waals surface area contributed by atoms with Crippen LogP contribution >= 0.6 is 11.8 Å². The van der Waals surface area contributed by atoms with Gasteiger partial charge in [0, 0.05) is 44.6 Å². The minimum atomic E-state index is -0.584. The Morgan fingerprint density at radius 2 is 1.81 bits per heavy atom. The van der Waals surface area contributed by atoms with Gasteiger partial charge in [0.05, 0.1) is 16.6 Å². The number of carbonyl (C=O) groups excluding carboxylic acids is 3. The molecule has 3 amide bonds. The summed E-state index contributed by atoms with van der Waals surface area (Å²) < 4.78 is -0.584. The molecule has 1 saturated carbocycles. The Bertz CT molecular complexity index is 890. The quantitative estimate of drug-likeness (QED) is 0.308. The third-order valence-electron chi connectivity index (χ3n) is 9.23. The van der Waals surface area contributed by atoms with Gasteiger partial charge in [-0.3, -0.25) is 14.4 Å². The monoisotopic (exact) mass is 531 g/mol. The molecule has 4 fully saturated rings. The summed E-state index contributed by atoms with van der Waals surface area (Å²) in [6, 6.07) is -0.385. The topological polar surface area (TPSA) is 81.2 Å². The zero-order chi connectivity index (χ0) is 26.7. The Labute approximate surface area is 226 Å². The highest BCUT2D eigenvalue weighted by Gasteiger charge is 2.76. The Morgan fingerprint density at radius 1 is 1.11 bits per heavy atom. The third-order valence-corrected chi connectivity index (χ3v) is 11.3. The zero-order valence-corrected chi connectivity index (χ0v) is 23.5. The number of likely N-dealkylation sites (tertiary alicyclic amines) is 1. The molecule has 4 rings (SSSR count). The third kappa shape index (κ3) is 4.88. The predicted octanol–water partition coefficient (Wildman–Crippen LogP) is 3.48. The number of fused-ring (bicyclic) bond motifs is 1. The summed E-state index contributed by atoms with van der Waals surface area (Å²) >= 11 is 1.75. The molecule has 4 aliphatic rings. The van der Waals surface area contributed by atoms with Crippen LogP contribution in [0.5, 0.6) is 0 Å². The van der Waals surface area contributed by atoms with Crippen LogP contribution in [0.15, 0.2) is 25.3 Å². The van der Waals surface area contributed by atoms with E-state index < -0.39 is 22.6 Å². The molecule has 206 valence electrons. The Kier molecular flexibility index (Phi) is 9.10. The van der Waals surface area contributed by atoms with Crippen molar-refractivity contribution in [2.24, 2.45) is 17.8 Å². The molecule has 0 aromatic carbocycles. The lowest BCUT2D eigenvalue weighted by Gasteiger charge is -2.43. The molecular weight excluding hydrogens is 486 g/mol. The smallest absolute Gasteiger partial charge is 0.247 e. The van der Waals surface area contributed by atoms with Gasteiger partial charge < -0.3 is 19.8 Å². The summed E-state index contributed by atoms with van der Waals surface area (Å²) in [4.78, 5) is 48.0. The number of likely N-dealkylation sites (N-methyl/N-ethyl adjacent to an activating group) is 1. The van der Waals surface area contributed by atoms with E-state index in [9.17, 15) is 19.5 Å². The molecule has 0 radical (unpaired) electrons. The summed E-state index contributed by atoms with van der Waals surface area (Å²) in [6.07, 6.45) is 12.0. The summed E-state index contributed by atoms with van der Waals surface area (Å²) in [5.41, 5.74) is 0. The highest BCUT2D eigenvalue weighted by molar-refractivity contribution is 8.02. The first-order valence-electron chi connectivity index (χ1n) is 14.2. The maximum absolute atomic E-state index is 14.6. The molecule has 8 heteroatoms. The average Bonchev–Trinajstić information content (AvgIpc) is 3.48. The average molecular weight is 532 g/mol. The van der Waals surface area contributed by atoms with E-state index in [1.165, 1.54) is 6.42 Å². The van der Waals surface area contributed by atoms with Crippen molar-refractivity contribution in [2.75, 3.05) is 33.3 Å². The molecule has 3 saturated heterocycles. The van der Waals surface area contributed by atoms with Gasteiger partial charge >= 0.3 is 0 Å². The number of hydrogen-bond donors (Lipinski definition) is 1. The fourth-order valence-electron chi connectivity index (χ4n) is 7.54. The first-order chi connectivity index (χ1) is 17.8. The fourth-order valence-corrected chi connectivity index (χ4v) is 9.95. The first-order valence-corrected chi connectivity index (χ1v) is 15.1. The largest absolute Gasteiger partial charge is 0.396 e. The number of rotatable bonds is 12. The van der Waals surface area contributed by atoms with Crippen molar-refractivity contribution >= 4 is 29.5 Å². The van der Waals surface area contributed by atoms with E-state index in [4.69, 9.17) is 0 Å². The lowest BCUT2D eigenvalue weighted by molar-refractivity contribution is -0.145. The summed E-state index contributed by atoms with van der Waals surface area (Å²) in [5.74, 6) is -0.714. The van der Waals surface area contributed by atoms with Crippen LogP contribution in [0.3, 0.4) is 0 Å². The molecule has 1 N–H and O–H groups in total. The normalized spacial score (nSPS) is 32.9. The van der Waals surface area contributed by atoms with Crippen molar-refractivity contribution in [2.45, 2.75) is 86.8 Å². The van der Waals surface area contributed by atoms with Gasteiger partial charge in [-0.05, 0) is 44.4 Å². The van der Waals surface area contributed by atoms with E-state index >= 15 is 0 Å². The molecular formula is C29H45N3O4S. The molecule has 7 nitrogen and oxygen atoms in total. The fraction of sp³-hybridized carbons (Fsp3) is 0.759. The molecule has 2 bridgehead atoms. The Balaban J connectivity index is 1.72. The Hall–Kier alpha value is -1.80. The van der Waals surface area contributed by atoms with Crippen molar-refractivity contribution in [1.29, 1.82) is 0 Å². The van der Waals surface area contributed by atoms with Crippen molar-refractivity contribution in [3.05, 3.63) is 25.3 Å². The van der Waals surface area contributed by atoms with Crippen molar-refractivity contribution < 1.29 is 19.5 Å². The van der Waals surface area contributed by atoms with Crippen LogP contribution < -0.4 is 0 Å². The highest BCUT2D eigenvalue weighted by Crippen LogP contribution is 2.69. The molecule has 6 atom stereocenters. The van der Waals surface area contributed by atoms with E-state index in [1.54, 1.807) is 29.8 Å². The number of carbonyl (C=O) groups is 3. The first kappa shape index (κ1) is 28.2. The number of hydrogen-bond acceptors (Lipinski definition) is 5. The van der Waals surface area contributed by atoms with E-state index in [1.807, 2.05) is 15.9 Å². The van der Waals surface area contributed by atoms with E-state index in [0.717, 1.165) is 44.9 Å². The second-order valence-electron chi connectivity index (χ2n) is 11.4. The van der Waals surface area contributed by atoms with Crippen LogP contribution in [0.25, 0.3) is 0 Å². The summed E-state index contributed by atoms with van der Waals surface area (Å²) in [7, 11) is 1.78. The molecule has 1 spiro atoms. The predicted molar refractivity (Wildman–Crippen MR) is 148 cm³/mol. The number of nitrogens with zero attached hydrogens (tertiary/aromatic N) is 3. The summed E-state index contributed by atoms with van der Waals surface area (Å²) in [6.45, 7) is 11.4. The number of aliphatic hydroxyl groups is 1. The highest BCUT2D eigenvalue weighted by atomic mass is 32.2. The second-order valence-corrected chi connectivity index (χ2v) is 13.0. The van der Waals surface area contributed by atoms with Gasteiger partial charge in [0.1, 0.15) is 6.04 Å². The maximum Gasteiger partial charge on any atom is 0.247 e. The van der Waals surface area contributed by atoms with Gasteiger partial charge in [-0.15, -0.1) is 24.9 Å². The van der Waals surface area contributed by atoms with E-state index in [-0.39, 0.29) is 41.5 Å². The molecule has 0 aromatic heterocycles. The number of unbranched alkanes of at least 4 members (excludes halogenated alkanes) is 2. The molecule has 37 heavy (non-hydrogen) atoms. The van der Waals surface area contributed by atoms with Gasteiger partial charge in [0.25, 0.3) is 0 Å². The Morgan fingerprint density at radius 3 is 2.46 bits per heavy atom. The zero-order valence-electron chi connectivity index (χ0n) is 22.6. The standard InChI is InChI=1S/C29H45N3O4S/c1-5-15-30(4)26(34)23-22-19-20(3)29(37-22)24(23)27(35)32(17-11-8-12-18-33)25(29)28(36)31(16-6-2)21-13-9-7-10-14-21/h5-6,20-25,33H,1-2,7-19H2,3-4H3/t20?,22-,23+,24+,25?,29?/m1/s1. The molecule has 1 aliphatic carbocycles. The lowest BCUT2D eigenvalue weighted by Crippen LogP contribution is -2.59. The minimum absolute atomic E-state index is 0.00640. The molecule has 0 aromatic rings. The van der Waals surface area contributed by atoms with Crippen molar-refractivity contribution in [1.82, 2.24) is 14.7 Å². The van der Waals surface area contributed by atoms with Crippen LogP contribution in [0, 0.1) is 17.8 Å². The van der Waals surface area contributed by atoms with Crippen molar-refractivity contribution in [3.63, 3.8) is 0 Å². The van der Waals surface area contributed by atoms with Gasteiger partial charge in [-0.2, -0.15) is 0 Å². The van der Waals surface area contributed by atoms with Crippen LogP contribution in [0.1, 0.15) is 64.7 Å². The van der Waals surface area contributed by atoms with Gasteiger partial charge in [-0.25, -0.2) is 0 Å². The molecule has 3 heterocycles. The minimum Gasteiger partial charge on any atom is -0.396 e. The van der Waals surface area contributed by atoms with Gasteiger partial charge in [0.2, 0.25) is 17.7 Å². The number of thioether (sulfide) groups is 1. The van der Waals surface area contributed by atoms with Gasteiger partial charge in [-0.1, -0.05) is 38.3 Å². The lowest BCUT2D eigenvalue weighted by atomic mass is 9.65. The SMILES string of the molecule is C=CCN(C)C(=O)[C@@H]1[C@H]2C(=O)N(CCCCCO)C(C(=O)N(CC=C)C3CCCCC3)C23S[C@@H]1CC3C. The van der Waals surface area contributed by atoms with E-state index in [2.05, 4.69) is 20.1 Å².